The van der Waals surface area contributed by atoms with Gasteiger partial charge in [0.15, 0.2) is 15.6 Å². The number of ketones is 1. The molecule has 3 nitrogen and oxygen atoms in total. The zero-order valence-corrected chi connectivity index (χ0v) is 15.6. The van der Waals surface area contributed by atoms with Crippen LogP contribution in [-0.2, 0) is 14.6 Å². The van der Waals surface area contributed by atoms with Gasteiger partial charge >= 0.3 is 0 Å². The van der Waals surface area contributed by atoms with Crippen molar-refractivity contribution in [1.29, 1.82) is 0 Å². The predicted molar refractivity (Wildman–Crippen MR) is 95.4 cm³/mol. The maximum atomic E-state index is 12.9. The van der Waals surface area contributed by atoms with Crippen LogP contribution in [0.15, 0.2) is 41.3 Å². The average Bonchev–Trinajstić information content (AvgIpc) is 3.07. The molecule has 0 spiro atoms. The highest BCUT2D eigenvalue weighted by Gasteiger charge is 2.52. The summed E-state index contributed by atoms with van der Waals surface area (Å²) in [4.78, 5) is 13.2. The number of carbonyl (C=O) groups excluding carboxylic acids is 1. The molecule has 0 amide bonds. The van der Waals surface area contributed by atoms with Crippen molar-refractivity contribution < 1.29 is 13.2 Å². The Morgan fingerprint density at radius 3 is 2.25 bits per heavy atom. The summed E-state index contributed by atoms with van der Waals surface area (Å²) < 4.78 is 25.3. The fourth-order valence-electron chi connectivity index (χ4n) is 4.55. The van der Waals surface area contributed by atoms with E-state index < -0.39 is 9.84 Å². The van der Waals surface area contributed by atoms with Gasteiger partial charge in [-0.05, 0) is 48.6 Å². The molecular formula is C20H26O3S. The van der Waals surface area contributed by atoms with Gasteiger partial charge in [-0.15, -0.1) is 0 Å². The van der Waals surface area contributed by atoms with Crippen molar-refractivity contribution in [2.45, 2.75) is 39.0 Å². The summed E-state index contributed by atoms with van der Waals surface area (Å²) >= 11 is 0. The summed E-state index contributed by atoms with van der Waals surface area (Å²) in [6.45, 7) is 8.37. The minimum atomic E-state index is -3.57. The van der Waals surface area contributed by atoms with Gasteiger partial charge in [0, 0.05) is 5.92 Å². The smallest absolute Gasteiger partial charge is 0.185 e. The van der Waals surface area contributed by atoms with E-state index in [2.05, 4.69) is 32.9 Å². The maximum Gasteiger partial charge on any atom is 0.185 e. The van der Waals surface area contributed by atoms with E-state index in [-0.39, 0.29) is 39.6 Å². The molecule has 0 N–H and O–H groups in total. The van der Waals surface area contributed by atoms with Crippen molar-refractivity contribution in [3.63, 3.8) is 0 Å². The number of carbonyl (C=O) groups is 1. The fourth-order valence-corrected chi connectivity index (χ4v) is 5.84. The van der Waals surface area contributed by atoms with E-state index in [9.17, 15) is 13.2 Å². The van der Waals surface area contributed by atoms with Gasteiger partial charge in [0.1, 0.15) is 5.75 Å². The monoisotopic (exact) mass is 346 g/mol. The fraction of sp³-hybridized carbons (Fsp3) is 0.550. The van der Waals surface area contributed by atoms with Crippen LogP contribution in [0.1, 0.15) is 32.8 Å². The normalized spacial score (nSPS) is 29.2. The molecule has 1 aromatic carbocycles. The van der Waals surface area contributed by atoms with E-state index in [0.29, 0.717) is 5.92 Å². The molecule has 0 aliphatic heterocycles. The van der Waals surface area contributed by atoms with Crippen LogP contribution < -0.4 is 0 Å². The van der Waals surface area contributed by atoms with E-state index in [0.717, 1.165) is 12.0 Å². The number of hydrogen-bond acceptors (Lipinski definition) is 3. The summed E-state index contributed by atoms with van der Waals surface area (Å²) in [6, 6.07) is 6.74. The zero-order valence-electron chi connectivity index (χ0n) is 14.8. The standard InChI is InChI=1S/C20H26O3S/c1-13-5-9-16(10-6-13)24(22,23)12-17(21)18-14-7-8-15(11-14)19(18)20(2,3)4/h5-10,14-15,18-19H,11-12H2,1-4H3/t14-,15+,18+,19-/m0/s1. The van der Waals surface area contributed by atoms with Gasteiger partial charge in [-0.2, -0.15) is 0 Å². The molecule has 1 aromatic rings. The third kappa shape index (κ3) is 3.08. The third-order valence-electron chi connectivity index (χ3n) is 5.54. The van der Waals surface area contributed by atoms with Crippen LogP contribution in [0.5, 0.6) is 0 Å². The summed E-state index contributed by atoms with van der Waals surface area (Å²) in [5, 5.41) is 0. The lowest BCUT2D eigenvalue weighted by Gasteiger charge is -2.37. The Bertz CT molecular complexity index is 766. The topological polar surface area (TPSA) is 51.2 Å². The van der Waals surface area contributed by atoms with Gasteiger partial charge in [-0.1, -0.05) is 50.6 Å². The number of benzene rings is 1. The second kappa shape index (κ2) is 5.83. The molecule has 1 saturated carbocycles. The summed E-state index contributed by atoms with van der Waals surface area (Å²) in [7, 11) is -3.57. The largest absolute Gasteiger partial charge is 0.298 e. The van der Waals surface area contributed by atoms with Crippen LogP contribution in [-0.4, -0.2) is 20.0 Å². The number of Topliss-reactive ketones (excluding diaryl/α,β-unsaturated/α-hetero) is 1. The molecule has 2 aliphatic rings. The van der Waals surface area contributed by atoms with Gasteiger partial charge in [-0.3, -0.25) is 4.79 Å². The quantitative estimate of drug-likeness (QED) is 0.779. The van der Waals surface area contributed by atoms with Crippen LogP contribution in [0.25, 0.3) is 0 Å². The molecule has 130 valence electrons. The Labute approximate surface area is 145 Å². The lowest BCUT2D eigenvalue weighted by Crippen LogP contribution is -2.38. The first-order valence-corrected chi connectivity index (χ1v) is 10.3. The Hall–Kier alpha value is -1.42. The molecule has 2 aliphatic carbocycles. The number of allylic oxidation sites excluding steroid dienone is 2. The highest BCUT2D eigenvalue weighted by Crippen LogP contribution is 2.55. The average molecular weight is 346 g/mol. The molecule has 0 heterocycles. The first kappa shape index (κ1) is 17.4. The number of rotatable bonds is 4. The van der Waals surface area contributed by atoms with Gasteiger partial charge in [0.05, 0.1) is 4.90 Å². The summed E-state index contributed by atoms with van der Waals surface area (Å²) in [6.07, 6.45) is 5.33. The van der Waals surface area contributed by atoms with E-state index in [1.54, 1.807) is 24.3 Å². The minimum absolute atomic E-state index is 0.00186. The van der Waals surface area contributed by atoms with Gasteiger partial charge in [0.2, 0.25) is 0 Å². The molecule has 3 rings (SSSR count). The molecule has 4 heteroatoms. The molecule has 2 bridgehead atoms. The maximum absolute atomic E-state index is 12.9. The van der Waals surface area contributed by atoms with Crippen molar-refractivity contribution in [2.75, 3.05) is 5.75 Å². The number of fused-ring (bicyclic) bond motifs is 2. The lowest BCUT2D eigenvalue weighted by atomic mass is 9.67. The number of sulfone groups is 1. The molecule has 24 heavy (non-hydrogen) atoms. The zero-order chi connectivity index (χ0) is 17.7. The molecule has 0 unspecified atom stereocenters. The van der Waals surface area contributed by atoms with Crippen molar-refractivity contribution in [2.24, 2.45) is 29.1 Å². The van der Waals surface area contributed by atoms with Crippen molar-refractivity contribution in [1.82, 2.24) is 0 Å². The van der Waals surface area contributed by atoms with Crippen LogP contribution in [0.3, 0.4) is 0 Å². The van der Waals surface area contributed by atoms with Crippen LogP contribution in [0, 0.1) is 36.0 Å². The number of aryl methyl sites for hydroxylation is 1. The minimum Gasteiger partial charge on any atom is -0.298 e. The predicted octanol–water partition coefficient (Wildman–Crippen LogP) is 3.82. The second-order valence-electron chi connectivity index (χ2n) is 8.40. The SMILES string of the molecule is Cc1ccc(S(=O)(=O)CC(=O)[C@@H]2[C@@H](C(C)(C)C)[C@@H]3C=C[C@H]2C3)cc1. The first-order valence-electron chi connectivity index (χ1n) is 8.60. The molecule has 1 fully saturated rings. The van der Waals surface area contributed by atoms with Gasteiger partial charge in [0.25, 0.3) is 0 Å². The van der Waals surface area contributed by atoms with Crippen LogP contribution in [0.4, 0.5) is 0 Å². The lowest BCUT2D eigenvalue weighted by molar-refractivity contribution is -0.124. The Kier molecular flexibility index (Phi) is 4.23. The van der Waals surface area contributed by atoms with Crippen LogP contribution in [0.2, 0.25) is 0 Å². The first-order chi connectivity index (χ1) is 11.1. The van der Waals surface area contributed by atoms with Gasteiger partial charge < -0.3 is 0 Å². The second-order valence-corrected chi connectivity index (χ2v) is 10.4. The van der Waals surface area contributed by atoms with Gasteiger partial charge in [-0.25, -0.2) is 8.42 Å². The van der Waals surface area contributed by atoms with Crippen molar-refractivity contribution >= 4 is 15.6 Å². The highest BCUT2D eigenvalue weighted by molar-refractivity contribution is 7.92. The third-order valence-corrected chi connectivity index (χ3v) is 7.20. The molecular weight excluding hydrogens is 320 g/mol. The summed E-state index contributed by atoms with van der Waals surface area (Å²) in [5.74, 6) is 0.177. The number of hydrogen-bond donors (Lipinski definition) is 0. The molecule has 0 aromatic heterocycles. The van der Waals surface area contributed by atoms with E-state index in [1.165, 1.54) is 0 Å². The Balaban J connectivity index is 1.84. The highest BCUT2D eigenvalue weighted by atomic mass is 32.2. The van der Waals surface area contributed by atoms with E-state index >= 15 is 0 Å². The molecule has 0 saturated heterocycles. The van der Waals surface area contributed by atoms with Crippen molar-refractivity contribution in [3.8, 4) is 0 Å². The van der Waals surface area contributed by atoms with E-state index in [4.69, 9.17) is 0 Å². The van der Waals surface area contributed by atoms with E-state index in [1.807, 2.05) is 6.92 Å². The van der Waals surface area contributed by atoms with Crippen molar-refractivity contribution in [3.05, 3.63) is 42.0 Å². The molecule has 4 atom stereocenters. The Morgan fingerprint density at radius 2 is 1.67 bits per heavy atom. The van der Waals surface area contributed by atoms with Crippen LogP contribution >= 0.6 is 0 Å². The summed E-state index contributed by atoms with van der Waals surface area (Å²) in [5.41, 5.74) is 1.00. The Morgan fingerprint density at radius 1 is 1.08 bits per heavy atom. The molecule has 0 radical (unpaired) electrons.